The van der Waals surface area contributed by atoms with Crippen molar-refractivity contribution in [3.8, 4) is 5.75 Å². The summed E-state index contributed by atoms with van der Waals surface area (Å²) in [6, 6.07) is 4.14. The highest BCUT2D eigenvalue weighted by Gasteiger charge is 2.42. The molecule has 0 radical (unpaired) electrons. The van der Waals surface area contributed by atoms with Crippen LogP contribution in [0.1, 0.15) is 37.4 Å². The number of halogens is 4. The molecule has 1 aromatic carbocycles. The quantitative estimate of drug-likeness (QED) is 0.847. The number of rotatable bonds is 3. The average molecular weight is 306 g/mol. The van der Waals surface area contributed by atoms with Gasteiger partial charge in [-0.15, -0.1) is 0 Å². The molecule has 2 rings (SSSR count). The number of methoxy groups -OCH3 is 1. The molecule has 0 saturated heterocycles. The van der Waals surface area contributed by atoms with Gasteiger partial charge in [0.25, 0.3) is 0 Å². The highest BCUT2D eigenvalue weighted by Crippen LogP contribution is 2.43. The van der Waals surface area contributed by atoms with Crippen molar-refractivity contribution in [1.82, 2.24) is 0 Å². The third kappa shape index (κ3) is 3.67. The van der Waals surface area contributed by atoms with Gasteiger partial charge in [-0.3, -0.25) is 0 Å². The van der Waals surface area contributed by atoms with E-state index in [0.717, 1.165) is 0 Å². The summed E-state index contributed by atoms with van der Waals surface area (Å²) in [5, 5.41) is 10.2. The normalized spacial score (nSPS) is 24.7. The zero-order chi connectivity index (χ0) is 15.6. The van der Waals surface area contributed by atoms with Crippen molar-refractivity contribution in [3.63, 3.8) is 0 Å². The predicted octanol–water partition coefficient (Wildman–Crippen LogP) is 4.24. The molecule has 2 nitrogen and oxygen atoms in total. The van der Waals surface area contributed by atoms with E-state index in [-0.39, 0.29) is 24.5 Å². The van der Waals surface area contributed by atoms with Crippen LogP contribution in [-0.2, 0) is 0 Å². The Balaban J connectivity index is 2.02. The van der Waals surface area contributed by atoms with E-state index in [1.54, 1.807) is 6.07 Å². The lowest BCUT2D eigenvalue weighted by molar-refractivity contribution is -0.185. The van der Waals surface area contributed by atoms with Crippen LogP contribution in [0.5, 0.6) is 5.75 Å². The Morgan fingerprint density at radius 3 is 2.29 bits per heavy atom. The first-order valence-electron chi connectivity index (χ1n) is 6.91. The maximum absolute atomic E-state index is 13.6. The summed E-state index contributed by atoms with van der Waals surface area (Å²) < 4.78 is 56.2. The molecule has 1 saturated carbocycles. The van der Waals surface area contributed by atoms with E-state index < -0.39 is 24.0 Å². The van der Waals surface area contributed by atoms with E-state index in [1.807, 2.05) is 0 Å². The zero-order valence-corrected chi connectivity index (χ0v) is 11.7. The smallest absolute Gasteiger partial charge is 0.391 e. The Morgan fingerprint density at radius 1 is 1.19 bits per heavy atom. The molecule has 1 atom stereocenters. The van der Waals surface area contributed by atoms with Crippen LogP contribution in [0.15, 0.2) is 18.2 Å². The van der Waals surface area contributed by atoms with Gasteiger partial charge in [0.15, 0.2) is 11.6 Å². The van der Waals surface area contributed by atoms with Crippen molar-refractivity contribution in [3.05, 3.63) is 29.6 Å². The molecule has 0 heterocycles. The molecule has 1 aliphatic carbocycles. The van der Waals surface area contributed by atoms with Crippen LogP contribution in [0.2, 0.25) is 0 Å². The van der Waals surface area contributed by atoms with Crippen molar-refractivity contribution in [2.24, 2.45) is 11.8 Å². The van der Waals surface area contributed by atoms with Gasteiger partial charge in [-0.25, -0.2) is 4.39 Å². The minimum atomic E-state index is -4.16. The van der Waals surface area contributed by atoms with Crippen LogP contribution in [0.3, 0.4) is 0 Å². The van der Waals surface area contributed by atoms with Crippen LogP contribution >= 0.6 is 0 Å². The topological polar surface area (TPSA) is 29.5 Å². The fourth-order valence-corrected chi connectivity index (χ4v) is 2.90. The number of aliphatic hydroxyl groups excluding tert-OH is 1. The zero-order valence-electron chi connectivity index (χ0n) is 11.7. The van der Waals surface area contributed by atoms with E-state index in [0.29, 0.717) is 18.4 Å². The highest BCUT2D eigenvalue weighted by atomic mass is 19.4. The Kier molecular flexibility index (Phi) is 4.76. The third-order valence-corrected chi connectivity index (χ3v) is 4.20. The van der Waals surface area contributed by atoms with Crippen LogP contribution in [0.25, 0.3) is 0 Å². The van der Waals surface area contributed by atoms with Gasteiger partial charge in [0.1, 0.15) is 0 Å². The van der Waals surface area contributed by atoms with Gasteiger partial charge < -0.3 is 9.84 Å². The molecule has 118 valence electrons. The maximum atomic E-state index is 13.6. The van der Waals surface area contributed by atoms with Gasteiger partial charge in [-0.1, -0.05) is 6.07 Å². The summed E-state index contributed by atoms with van der Waals surface area (Å²) in [4.78, 5) is 0. The van der Waals surface area contributed by atoms with Crippen LogP contribution in [0.4, 0.5) is 17.6 Å². The van der Waals surface area contributed by atoms with Crippen LogP contribution in [0, 0.1) is 17.7 Å². The number of hydrogen-bond acceptors (Lipinski definition) is 2. The minimum absolute atomic E-state index is 0.0177. The monoisotopic (exact) mass is 306 g/mol. The Hall–Kier alpha value is -1.30. The van der Waals surface area contributed by atoms with E-state index in [9.17, 15) is 22.7 Å². The Morgan fingerprint density at radius 2 is 1.81 bits per heavy atom. The van der Waals surface area contributed by atoms with Gasteiger partial charge in [0.05, 0.1) is 19.1 Å². The summed E-state index contributed by atoms with van der Waals surface area (Å²) in [5.74, 6) is -2.06. The lowest BCUT2D eigenvalue weighted by Gasteiger charge is -2.32. The van der Waals surface area contributed by atoms with E-state index in [4.69, 9.17) is 4.74 Å². The SMILES string of the molecule is COc1ccc(C(O)C2CCC(C(F)(F)F)CC2)cc1F. The van der Waals surface area contributed by atoms with Crippen molar-refractivity contribution >= 4 is 0 Å². The molecule has 0 aliphatic heterocycles. The molecule has 6 heteroatoms. The predicted molar refractivity (Wildman–Crippen MR) is 69.4 cm³/mol. The number of ether oxygens (including phenoxy) is 1. The first-order chi connectivity index (χ1) is 9.82. The van der Waals surface area contributed by atoms with E-state index >= 15 is 0 Å². The molecule has 0 spiro atoms. The molecule has 1 N–H and O–H groups in total. The van der Waals surface area contributed by atoms with Crippen molar-refractivity contribution < 1.29 is 27.4 Å². The lowest BCUT2D eigenvalue weighted by atomic mass is 9.77. The summed E-state index contributed by atoms with van der Waals surface area (Å²) >= 11 is 0. The maximum Gasteiger partial charge on any atom is 0.391 e. The molecule has 21 heavy (non-hydrogen) atoms. The number of alkyl halides is 3. The van der Waals surface area contributed by atoms with Crippen molar-refractivity contribution in [2.45, 2.75) is 38.0 Å². The summed E-state index contributed by atoms with van der Waals surface area (Å²) in [6.07, 6.45) is -4.49. The van der Waals surface area contributed by atoms with Gasteiger partial charge in [-0.05, 0) is 49.3 Å². The minimum Gasteiger partial charge on any atom is -0.494 e. The molecule has 1 aromatic rings. The second-order valence-electron chi connectivity index (χ2n) is 5.49. The summed E-state index contributed by atoms with van der Waals surface area (Å²) in [5.41, 5.74) is 0.378. The summed E-state index contributed by atoms with van der Waals surface area (Å²) in [6.45, 7) is 0. The van der Waals surface area contributed by atoms with Crippen LogP contribution in [-0.4, -0.2) is 18.4 Å². The van der Waals surface area contributed by atoms with Crippen molar-refractivity contribution in [2.75, 3.05) is 7.11 Å². The average Bonchev–Trinajstić information content (AvgIpc) is 2.45. The highest BCUT2D eigenvalue weighted by molar-refractivity contribution is 5.30. The molecular weight excluding hydrogens is 288 g/mol. The second-order valence-corrected chi connectivity index (χ2v) is 5.49. The van der Waals surface area contributed by atoms with Gasteiger partial charge in [0, 0.05) is 0 Å². The number of aliphatic hydroxyl groups is 1. The van der Waals surface area contributed by atoms with Crippen molar-refractivity contribution in [1.29, 1.82) is 0 Å². The molecular formula is C15H18F4O2. The molecule has 1 aliphatic rings. The number of benzene rings is 1. The van der Waals surface area contributed by atoms with Crippen LogP contribution < -0.4 is 4.74 Å². The van der Waals surface area contributed by atoms with Gasteiger partial charge in [0.2, 0.25) is 0 Å². The molecule has 1 fully saturated rings. The Labute approximate surface area is 120 Å². The van der Waals surface area contributed by atoms with Gasteiger partial charge in [-0.2, -0.15) is 13.2 Å². The summed E-state index contributed by atoms with van der Waals surface area (Å²) in [7, 11) is 1.34. The number of hydrogen-bond donors (Lipinski definition) is 1. The Bertz CT molecular complexity index is 479. The van der Waals surface area contributed by atoms with E-state index in [2.05, 4.69) is 0 Å². The fraction of sp³-hybridized carbons (Fsp3) is 0.600. The molecule has 0 amide bonds. The van der Waals surface area contributed by atoms with E-state index in [1.165, 1.54) is 19.2 Å². The molecule has 1 unspecified atom stereocenters. The first-order valence-corrected chi connectivity index (χ1v) is 6.91. The molecule has 0 aromatic heterocycles. The van der Waals surface area contributed by atoms with Gasteiger partial charge >= 0.3 is 6.18 Å². The largest absolute Gasteiger partial charge is 0.494 e. The second kappa shape index (κ2) is 6.22. The third-order valence-electron chi connectivity index (χ3n) is 4.20. The molecule has 0 bridgehead atoms. The standard InChI is InChI=1S/C15H18F4O2/c1-21-13-7-4-10(8-12(13)16)14(20)9-2-5-11(6-3-9)15(17,18)19/h4,7-9,11,14,20H,2-3,5-6H2,1H3. The fourth-order valence-electron chi connectivity index (χ4n) is 2.90. The first kappa shape index (κ1) is 16.1. The lowest BCUT2D eigenvalue weighted by Crippen LogP contribution is -2.29.